The minimum absolute atomic E-state index is 0.112. The zero-order chi connectivity index (χ0) is 23.1. The number of carbonyl (C=O) groups is 2. The molecule has 1 aliphatic heterocycles. The van der Waals surface area contributed by atoms with E-state index in [2.05, 4.69) is 21.2 Å². The molecule has 0 radical (unpaired) electrons. The van der Waals surface area contributed by atoms with Crippen LogP contribution in [0.1, 0.15) is 30.0 Å². The van der Waals surface area contributed by atoms with E-state index in [1.54, 1.807) is 23.1 Å². The summed E-state index contributed by atoms with van der Waals surface area (Å²) in [5.41, 5.74) is 1.41. The number of rotatable bonds is 7. The van der Waals surface area contributed by atoms with Crippen LogP contribution in [-0.2, 0) is 16.0 Å². The van der Waals surface area contributed by atoms with Crippen molar-refractivity contribution >= 4 is 27.9 Å². The average molecular weight is 502 g/mol. The van der Waals surface area contributed by atoms with Crippen molar-refractivity contribution in [2.45, 2.75) is 31.5 Å². The summed E-state index contributed by atoms with van der Waals surface area (Å²) in [6, 6.07) is 13.5. The van der Waals surface area contributed by atoms with Gasteiger partial charge in [0.05, 0.1) is 26.7 Å². The molecule has 1 heterocycles. The molecule has 0 bridgehead atoms. The quantitative estimate of drug-likeness (QED) is 0.616. The van der Waals surface area contributed by atoms with E-state index in [-0.39, 0.29) is 12.3 Å². The zero-order valence-corrected chi connectivity index (χ0v) is 19.4. The number of benzene rings is 2. The Labute approximate surface area is 195 Å². The number of hydrogen-bond donors (Lipinski definition) is 1. The largest absolute Gasteiger partial charge is 0.493 e. The smallest absolute Gasteiger partial charge is 0.410 e. The number of amides is 2. The number of carbonyl (C=O) groups excluding carboxylic acids is 2. The fraction of sp³-hybridized carbons (Fsp3) is 0.348. The van der Waals surface area contributed by atoms with Crippen molar-refractivity contribution in [3.63, 3.8) is 0 Å². The lowest BCUT2D eigenvalue weighted by molar-refractivity contribution is -0.137. The summed E-state index contributed by atoms with van der Waals surface area (Å²) >= 11 is 3.38. The van der Waals surface area contributed by atoms with Crippen LogP contribution in [-0.4, -0.2) is 43.9 Å². The molecule has 9 heteroatoms. The Kier molecular flexibility index (Phi) is 7.95. The minimum atomic E-state index is -0.948. The van der Waals surface area contributed by atoms with Gasteiger partial charge in [0.2, 0.25) is 5.91 Å². The van der Waals surface area contributed by atoms with Gasteiger partial charge in [-0.1, -0.05) is 34.1 Å². The van der Waals surface area contributed by atoms with E-state index >= 15 is 0 Å². The maximum Gasteiger partial charge on any atom is 0.410 e. The number of methoxy groups -OCH3 is 2. The third-order valence-corrected chi connectivity index (χ3v) is 5.69. The van der Waals surface area contributed by atoms with Gasteiger partial charge in [0.1, 0.15) is 6.04 Å². The standard InChI is InChI=1S/C23H24BrN3O5/c1-30-19-10-7-16(13-20(19)31-2)18(14-25)26-23(29)32-22-4-3-11-27(22)21(28)12-15-5-8-17(24)9-6-15/h5-10,13,18,22H,3-4,11-12H2,1-2H3,(H,26,29)/t18?,22-/m0/s1. The molecule has 168 valence electrons. The topological polar surface area (TPSA) is 101 Å². The van der Waals surface area contributed by atoms with Crippen LogP contribution in [0, 0.1) is 11.3 Å². The van der Waals surface area contributed by atoms with Crippen molar-refractivity contribution < 1.29 is 23.8 Å². The molecule has 2 amide bonds. The van der Waals surface area contributed by atoms with Gasteiger partial charge in [0.25, 0.3) is 0 Å². The van der Waals surface area contributed by atoms with Crippen molar-refractivity contribution in [2.75, 3.05) is 20.8 Å². The highest BCUT2D eigenvalue weighted by Crippen LogP contribution is 2.30. The Hall–Kier alpha value is -3.25. The number of likely N-dealkylation sites (tertiary alicyclic amines) is 1. The molecule has 2 atom stereocenters. The number of nitrogens with one attached hydrogen (secondary N) is 1. The third kappa shape index (κ3) is 5.71. The zero-order valence-electron chi connectivity index (χ0n) is 17.8. The average Bonchev–Trinajstić information content (AvgIpc) is 3.26. The molecule has 0 saturated carbocycles. The second kappa shape index (κ2) is 10.9. The third-order valence-electron chi connectivity index (χ3n) is 5.16. The second-order valence-electron chi connectivity index (χ2n) is 7.21. The van der Waals surface area contributed by atoms with E-state index in [0.717, 1.165) is 16.5 Å². The molecule has 1 aliphatic rings. The maximum absolute atomic E-state index is 12.7. The first-order valence-electron chi connectivity index (χ1n) is 10.1. The highest BCUT2D eigenvalue weighted by Gasteiger charge is 2.32. The highest BCUT2D eigenvalue weighted by molar-refractivity contribution is 9.10. The van der Waals surface area contributed by atoms with Crippen LogP contribution < -0.4 is 14.8 Å². The van der Waals surface area contributed by atoms with Crippen LogP contribution in [0.5, 0.6) is 11.5 Å². The van der Waals surface area contributed by atoms with Crippen LogP contribution in [0.3, 0.4) is 0 Å². The second-order valence-corrected chi connectivity index (χ2v) is 8.13. The van der Waals surface area contributed by atoms with Gasteiger partial charge in [0, 0.05) is 17.4 Å². The van der Waals surface area contributed by atoms with E-state index in [1.165, 1.54) is 14.2 Å². The molecule has 2 aromatic rings. The Bertz CT molecular complexity index is 1010. The van der Waals surface area contributed by atoms with Gasteiger partial charge >= 0.3 is 6.09 Å². The molecular formula is C23H24BrN3O5. The minimum Gasteiger partial charge on any atom is -0.493 e. The fourth-order valence-corrected chi connectivity index (χ4v) is 3.78. The van der Waals surface area contributed by atoms with Crippen molar-refractivity contribution in [3.8, 4) is 17.6 Å². The predicted molar refractivity (Wildman–Crippen MR) is 120 cm³/mol. The molecule has 1 unspecified atom stereocenters. The van der Waals surface area contributed by atoms with Crippen LogP contribution in [0.2, 0.25) is 0 Å². The maximum atomic E-state index is 12.7. The molecule has 2 aromatic carbocycles. The van der Waals surface area contributed by atoms with Crippen molar-refractivity contribution in [2.24, 2.45) is 0 Å². The Morgan fingerprint density at radius 2 is 1.91 bits per heavy atom. The van der Waals surface area contributed by atoms with Crippen LogP contribution in [0.15, 0.2) is 46.9 Å². The van der Waals surface area contributed by atoms with E-state index in [0.29, 0.717) is 30.0 Å². The van der Waals surface area contributed by atoms with Gasteiger partial charge in [-0.15, -0.1) is 0 Å². The fourth-order valence-electron chi connectivity index (χ4n) is 3.52. The summed E-state index contributed by atoms with van der Waals surface area (Å²) in [6.07, 6.45) is 0.0812. The summed E-state index contributed by atoms with van der Waals surface area (Å²) in [4.78, 5) is 26.8. The number of hydrogen-bond acceptors (Lipinski definition) is 6. The monoisotopic (exact) mass is 501 g/mol. The first-order valence-corrected chi connectivity index (χ1v) is 10.9. The molecule has 1 N–H and O–H groups in total. The Balaban J connectivity index is 1.62. The number of alkyl carbamates (subject to hydrolysis) is 1. The van der Waals surface area contributed by atoms with Gasteiger partial charge in [-0.05, 0) is 41.8 Å². The van der Waals surface area contributed by atoms with Gasteiger partial charge in [-0.25, -0.2) is 4.79 Å². The van der Waals surface area contributed by atoms with E-state index in [4.69, 9.17) is 14.2 Å². The normalized spacial score (nSPS) is 16.1. The first-order chi connectivity index (χ1) is 15.4. The van der Waals surface area contributed by atoms with Gasteiger partial charge in [0.15, 0.2) is 17.7 Å². The lowest BCUT2D eigenvalue weighted by atomic mass is 10.1. The lowest BCUT2D eigenvalue weighted by Gasteiger charge is -2.25. The predicted octanol–water partition coefficient (Wildman–Crippen LogP) is 3.95. The number of halogens is 1. The molecule has 3 rings (SSSR count). The Morgan fingerprint density at radius 1 is 1.19 bits per heavy atom. The van der Waals surface area contributed by atoms with Gasteiger partial charge in [-0.3, -0.25) is 4.79 Å². The summed E-state index contributed by atoms with van der Waals surface area (Å²) in [6.45, 7) is 0.519. The summed E-state index contributed by atoms with van der Waals surface area (Å²) in [5.74, 6) is 0.849. The van der Waals surface area contributed by atoms with E-state index < -0.39 is 18.4 Å². The first kappa shape index (κ1) is 23.4. The number of ether oxygens (including phenoxy) is 3. The van der Waals surface area contributed by atoms with Crippen LogP contribution >= 0.6 is 15.9 Å². The summed E-state index contributed by atoms with van der Waals surface area (Å²) < 4.78 is 16.9. The molecule has 32 heavy (non-hydrogen) atoms. The Morgan fingerprint density at radius 3 is 2.56 bits per heavy atom. The van der Waals surface area contributed by atoms with Crippen molar-refractivity contribution in [1.29, 1.82) is 5.26 Å². The number of nitriles is 1. The molecule has 0 spiro atoms. The molecule has 1 fully saturated rings. The van der Waals surface area contributed by atoms with Crippen LogP contribution in [0.25, 0.3) is 0 Å². The van der Waals surface area contributed by atoms with E-state index in [9.17, 15) is 14.9 Å². The summed E-state index contributed by atoms with van der Waals surface area (Å²) in [7, 11) is 3.00. The van der Waals surface area contributed by atoms with Crippen molar-refractivity contribution in [3.05, 3.63) is 58.1 Å². The molecule has 1 saturated heterocycles. The SMILES string of the molecule is COc1ccc(C(C#N)NC(=O)O[C@H]2CCCN2C(=O)Cc2ccc(Br)cc2)cc1OC. The lowest BCUT2D eigenvalue weighted by Crippen LogP contribution is -2.41. The molecular weight excluding hydrogens is 478 g/mol. The van der Waals surface area contributed by atoms with E-state index in [1.807, 2.05) is 30.3 Å². The van der Waals surface area contributed by atoms with Gasteiger partial charge in [-0.2, -0.15) is 5.26 Å². The van der Waals surface area contributed by atoms with Crippen LogP contribution in [0.4, 0.5) is 4.79 Å². The molecule has 0 aromatic heterocycles. The van der Waals surface area contributed by atoms with Gasteiger partial charge < -0.3 is 24.4 Å². The number of nitrogens with zero attached hydrogens (tertiary/aromatic N) is 2. The summed E-state index contributed by atoms with van der Waals surface area (Å²) in [5, 5.41) is 12.1. The molecule has 0 aliphatic carbocycles. The highest BCUT2D eigenvalue weighted by atomic mass is 79.9. The van der Waals surface area contributed by atoms with Crippen molar-refractivity contribution in [1.82, 2.24) is 10.2 Å². The molecule has 8 nitrogen and oxygen atoms in total.